The van der Waals surface area contributed by atoms with E-state index in [0.29, 0.717) is 6.04 Å². The SMILES string of the molecule is CCC(CNC)N(C)CC1CCCN1C. The molecule has 0 aromatic rings. The lowest BCUT2D eigenvalue weighted by Crippen LogP contribution is -2.44. The molecular formula is C12H27N3. The lowest BCUT2D eigenvalue weighted by molar-refractivity contribution is 0.171. The first-order chi connectivity index (χ1) is 7.19. The summed E-state index contributed by atoms with van der Waals surface area (Å²) in [6, 6.07) is 1.46. The fourth-order valence-corrected chi connectivity index (χ4v) is 2.54. The molecule has 1 fully saturated rings. The van der Waals surface area contributed by atoms with Gasteiger partial charge in [-0.2, -0.15) is 0 Å². The van der Waals surface area contributed by atoms with E-state index < -0.39 is 0 Å². The minimum atomic E-state index is 0.684. The van der Waals surface area contributed by atoms with Crippen LogP contribution in [0.3, 0.4) is 0 Å². The zero-order chi connectivity index (χ0) is 11.3. The first-order valence-corrected chi connectivity index (χ1v) is 6.24. The van der Waals surface area contributed by atoms with E-state index in [-0.39, 0.29) is 0 Å². The molecule has 0 saturated carbocycles. The van der Waals surface area contributed by atoms with E-state index in [4.69, 9.17) is 0 Å². The van der Waals surface area contributed by atoms with Crippen LogP contribution in [0.4, 0.5) is 0 Å². The summed E-state index contributed by atoms with van der Waals surface area (Å²) in [5, 5.41) is 3.28. The molecule has 1 aliphatic rings. The lowest BCUT2D eigenvalue weighted by atomic mass is 10.1. The first kappa shape index (κ1) is 12.9. The summed E-state index contributed by atoms with van der Waals surface area (Å²) < 4.78 is 0. The van der Waals surface area contributed by atoms with Gasteiger partial charge < -0.3 is 15.1 Å². The Bertz CT molecular complexity index is 172. The Balaban J connectivity index is 2.35. The van der Waals surface area contributed by atoms with Gasteiger partial charge in [0.1, 0.15) is 0 Å². The minimum absolute atomic E-state index is 0.684. The highest BCUT2D eigenvalue weighted by Crippen LogP contribution is 2.16. The van der Waals surface area contributed by atoms with Gasteiger partial charge >= 0.3 is 0 Å². The minimum Gasteiger partial charge on any atom is -0.318 e. The molecule has 0 amide bonds. The fourth-order valence-electron chi connectivity index (χ4n) is 2.54. The molecule has 0 aromatic carbocycles. The number of hydrogen-bond acceptors (Lipinski definition) is 3. The third-order valence-electron chi connectivity index (χ3n) is 3.70. The van der Waals surface area contributed by atoms with Gasteiger partial charge in [0.2, 0.25) is 0 Å². The third kappa shape index (κ3) is 3.74. The number of nitrogens with zero attached hydrogens (tertiary/aromatic N) is 2. The molecule has 0 aliphatic carbocycles. The molecule has 0 spiro atoms. The molecular weight excluding hydrogens is 186 g/mol. The summed E-state index contributed by atoms with van der Waals surface area (Å²) in [7, 11) is 6.56. The molecule has 15 heavy (non-hydrogen) atoms. The van der Waals surface area contributed by atoms with Crippen LogP contribution in [0.25, 0.3) is 0 Å². The van der Waals surface area contributed by atoms with Crippen LogP contribution in [0.5, 0.6) is 0 Å². The van der Waals surface area contributed by atoms with Crippen molar-refractivity contribution in [1.29, 1.82) is 0 Å². The number of likely N-dealkylation sites (N-methyl/N-ethyl adjacent to an activating group) is 3. The Morgan fingerprint density at radius 2 is 2.27 bits per heavy atom. The summed E-state index contributed by atoms with van der Waals surface area (Å²) >= 11 is 0. The topological polar surface area (TPSA) is 18.5 Å². The van der Waals surface area contributed by atoms with Crippen LogP contribution < -0.4 is 5.32 Å². The number of hydrogen-bond donors (Lipinski definition) is 1. The molecule has 0 radical (unpaired) electrons. The van der Waals surface area contributed by atoms with Crippen LogP contribution in [0, 0.1) is 0 Å². The summed E-state index contributed by atoms with van der Waals surface area (Å²) in [5.74, 6) is 0. The maximum atomic E-state index is 3.28. The highest BCUT2D eigenvalue weighted by atomic mass is 15.2. The van der Waals surface area contributed by atoms with Gasteiger partial charge in [0.25, 0.3) is 0 Å². The van der Waals surface area contributed by atoms with Crippen molar-refractivity contribution in [2.24, 2.45) is 0 Å². The molecule has 1 N–H and O–H groups in total. The largest absolute Gasteiger partial charge is 0.318 e. The van der Waals surface area contributed by atoms with Crippen LogP contribution in [0.2, 0.25) is 0 Å². The smallest absolute Gasteiger partial charge is 0.0220 e. The normalized spacial score (nSPS) is 25.0. The molecule has 90 valence electrons. The fraction of sp³-hybridized carbons (Fsp3) is 1.00. The van der Waals surface area contributed by atoms with Gasteiger partial charge in [-0.15, -0.1) is 0 Å². The van der Waals surface area contributed by atoms with E-state index in [0.717, 1.165) is 12.6 Å². The summed E-state index contributed by atoms with van der Waals surface area (Å²) in [6.07, 6.45) is 3.97. The number of nitrogens with one attached hydrogen (secondary N) is 1. The van der Waals surface area contributed by atoms with E-state index in [1.54, 1.807) is 0 Å². The zero-order valence-corrected chi connectivity index (χ0v) is 10.8. The highest BCUT2D eigenvalue weighted by molar-refractivity contribution is 4.81. The monoisotopic (exact) mass is 213 g/mol. The predicted molar refractivity (Wildman–Crippen MR) is 66.3 cm³/mol. The Morgan fingerprint density at radius 3 is 2.73 bits per heavy atom. The van der Waals surface area contributed by atoms with Gasteiger partial charge in [-0.05, 0) is 47.0 Å². The number of rotatable bonds is 6. The van der Waals surface area contributed by atoms with E-state index in [9.17, 15) is 0 Å². The van der Waals surface area contributed by atoms with Gasteiger partial charge in [-0.1, -0.05) is 6.92 Å². The van der Waals surface area contributed by atoms with Crippen molar-refractivity contribution >= 4 is 0 Å². The Labute approximate surface area is 94.8 Å². The summed E-state index contributed by atoms with van der Waals surface area (Å²) in [5.41, 5.74) is 0. The molecule has 1 rings (SSSR count). The van der Waals surface area contributed by atoms with E-state index in [1.165, 1.54) is 32.4 Å². The molecule has 0 aromatic heterocycles. The van der Waals surface area contributed by atoms with Crippen molar-refractivity contribution in [3.8, 4) is 0 Å². The van der Waals surface area contributed by atoms with Crippen molar-refractivity contribution in [2.45, 2.75) is 38.3 Å². The molecule has 3 nitrogen and oxygen atoms in total. The molecule has 0 bridgehead atoms. The number of likely N-dealkylation sites (tertiary alicyclic amines) is 1. The van der Waals surface area contributed by atoms with Crippen molar-refractivity contribution in [3.63, 3.8) is 0 Å². The molecule has 1 aliphatic heterocycles. The highest BCUT2D eigenvalue weighted by Gasteiger charge is 2.24. The van der Waals surface area contributed by atoms with E-state index in [1.807, 2.05) is 7.05 Å². The van der Waals surface area contributed by atoms with Crippen LogP contribution in [0.1, 0.15) is 26.2 Å². The van der Waals surface area contributed by atoms with Crippen molar-refractivity contribution < 1.29 is 0 Å². The van der Waals surface area contributed by atoms with Crippen LogP contribution in [-0.2, 0) is 0 Å². The van der Waals surface area contributed by atoms with Crippen molar-refractivity contribution in [2.75, 3.05) is 40.8 Å². The first-order valence-electron chi connectivity index (χ1n) is 6.24. The van der Waals surface area contributed by atoms with E-state index in [2.05, 4.69) is 36.1 Å². The van der Waals surface area contributed by atoms with Crippen LogP contribution >= 0.6 is 0 Å². The second-order valence-electron chi connectivity index (χ2n) is 4.84. The Hall–Kier alpha value is -0.120. The van der Waals surface area contributed by atoms with E-state index >= 15 is 0 Å². The quantitative estimate of drug-likeness (QED) is 0.710. The average Bonchev–Trinajstić information content (AvgIpc) is 2.60. The lowest BCUT2D eigenvalue weighted by Gasteiger charge is -2.31. The van der Waals surface area contributed by atoms with Crippen LogP contribution in [0.15, 0.2) is 0 Å². The van der Waals surface area contributed by atoms with Gasteiger partial charge in [-0.3, -0.25) is 0 Å². The predicted octanol–water partition coefficient (Wildman–Crippen LogP) is 1.01. The molecule has 1 saturated heterocycles. The zero-order valence-electron chi connectivity index (χ0n) is 10.8. The Kier molecular flexibility index (Phi) is 5.58. The Morgan fingerprint density at radius 1 is 1.53 bits per heavy atom. The molecule has 1 heterocycles. The van der Waals surface area contributed by atoms with Gasteiger partial charge in [-0.25, -0.2) is 0 Å². The standard InChI is InChI=1S/C12H27N3/c1-5-11(9-13-2)15(4)10-12-7-6-8-14(12)3/h11-13H,5-10H2,1-4H3. The maximum Gasteiger partial charge on any atom is 0.0220 e. The summed E-state index contributed by atoms with van der Waals surface area (Å²) in [6.45, 7) is 5.87. The van der Waals surface area contributed by atoms with Gasteiger partial charge in [0.05, 0.1) is 0 Å². The van der Waals surface area contributed by atoms with Gasteiger partial charge in [0, 0.05) is 25.2 Å². The van der Waals surface area contributed by atoms with Gasteiger partial charge in [0.15, 0.2) is 0 Å². The van der Waals surface area contributed by atoms with Crippen molar-refractivity contribution in [1.82, 2.24) is 15.1 Å². The third-order valence-corrected chi connectivity index (χ3v) is 3.70. The molecule has 3 heteroatoms. The molecule has 2 unspecified atom stereocenters. The second kappa shape index (κ2) is 6.46. The van der Waals surface area contributed by atoms with Crippen LogP contribution in [-0.4, -0.2) is 62.7 Å². The summed E-state index contributed by atoms with van der Waals surface area (Å²) in [4.78, 5) is 5.02. The second-order valence-corrected chi connectivity index (χ2v) is 4.84. The average molecular weight is 213 g/mol. The maximum absolute atomic E-state index is 3.28. The molecule has 2 atom stereocenters. The van der Waals surface area contributed by atoms with Crippen molar-refractivity contribution in [3.05, 3.63) is 0 Å².